The van der Waals surface area contributed by atoms with Crippen LogP contribution in [0.3, 0.4) is 0 Å². The Bertz CT molecular complexity index is 1030. The van der Waals surface area contributed by atoms with Crippen LogP contribution < -0.4 is 15.8 Å². The van der Waals surface area contributed by atoms with E-state index in [1.807, 2.05) is 0 Å². The fourth-order valence-corrected chi connectivity index (χ4v) is 2.68. The number of aromatic nitrogens is 2. The van der Waals surface area contributed by atoms with Gasteiger partial charge in [0, 0.05) is 11.1 Å². The van der Waals surface area contributed by atoms with Gasteiger partial charge in [-0.15, -0.1) is 0 Å². The molecule has 0 radical (unpaired) electrons. The quantitative estimate of drug-likeness (QED) is 0.661. The number of nitrogens with two attached hydrogens (primary N) is 1. The SMILES string of the molecule is Cc1cc(NC(=O)COc2ccc(Cl)cc2C(N)=O)n(-c2ccc(F)cc2)n1. The number of primary amides is 1. The number of amides is 2. The van der Waals surface area contributed by atoms with Crippen molar-refractivity contribution in [2.75, 3.05) is 11.9 Å². The van der Waals surface area contributed by atoms with Crippen LogP contribution in [0.25, 0.3) is 5.69 Å². The van der Waals surface area contributed by atoms with Crippen molar-refractivity contribution in [1.82, 2.24) is 9.78 Å². The number of hydrogen-bond donors (Lipinski definition) is 2. The second-order valence-corrected chi connectivity index (χ2v) is 6.34. The summed E-state index contributed by atoms with van der Waals surface area (Å²) in [6.07, 6.45) is 0. The molecule has 28 heavy (non-hydrogen) atoms. The van der Waals surface area contributed by atoms with Crippen molar-refractivity contribution in [1.29, 1.82) is 0 Å². The predicted molar refractivity (Wildman–Crippen MR) is 102 cm³/mol. The van der Waals surface area contributed by atoms with Crippen LogP contribution in [-0.4, -0.2) is 28.2 Å². The molecule has 0 unspecified atom stereocenters. The molecule has 0 bridgehead atoms. The molecule has 0 atom stereocenters. The summed E-state index contributed by atoms with van der Waals surface area (Å²) >= 11 is 5.84. The summed E-state index contributed by atoms with van der Waals surface area (Å²) < 4.78 is 20.0. The van der Waals surface area contributed by atoms with Crippen LogP contribution in [0.2, 0.25) is 5.02 Å². The van der Waals surface area contributed by atoms with E-state index in [2.05, 4.69) is 10.4 Å². The Morgan fingerprint density at radius 2 is 1.93 bits per heavy atom. The molecule has 9 heteroatoms. The minimum Gasteiger partial charge on any atom is -0.483 e. The van der Waals surface area contributed by atoms with Crippen molar-refractivity contribution in [3.8, 4) is 11.4 Å². The second kappa shape index (κ2) is 8.10. The topological polar surface area (TPSA) is 99.2 Å². The highest BCUT2D eigenvalue weighted by Crippen LogP contribution is 2.23. The summed E-state index contributed by atoms with van der Waals surface area (Å²) in [5, 5.41) is 7.29. The number of ether oxygens (including phenoxy) is 1. The lowest BCUT2D eigenvalue weighted by molar-refractivity contribution is -0.118. The largest absolute Gasteiger partial charge is 0.483 e. The van der Waals surface area contributed by atoms with E-state index in [-0.39, 0.29) is 23.7 Å². The Morgan fingerprint density at radius 3 is 2.61 bits per heavy atom. The zero-order valence-electron chi connectivity index (χ0n) is 14.8. The van der Waals surface area contributed by atoms with Crippen LogP contribution in [0.5, 0.6) is 5.75 Å². The third kappa shape index (κ3) is 4.47. The third-order valence-corrected chi connectivity index (χ3v) is 3.97. The maximum atomic E-state index is 13.1. The number of rotatable bonds is 6. The van der Waals surface area contributed by atoms with E-state index >= 15 is 0 Å². The number of hydrogen-bond acceptors (Lipinski definition) is 4. The monoisotopic (exact) mass is 402 g/mol. The summed E-state index contributed by atoms with van der Waals surface area (Å²) in [5.74, 6) is -1.03. The minimum atomic E-state index is -0.720. The predicted octanol–water partition coefficient (Wildman–Crippen LogP) is 3.09. The molecule has 3 aromatic rings. The molecule has 0 aliphatic heterocycles. The van der Waals surface area contributed by atoms with E-state index in [0.717, 1.165) is 0 Å². The number of carbonyl (C=O) groups excluding carboxylic acids is 2. The highest BCUT2D eigenvalue weighted by molar-refractivity contribution is 6.31. The van der Waals surface area contributed by atoms with Crippen molar-refractivity contribution in [3.63, 3.8) is 0 Å². The number of benzene rings is 2. The van der Waals surface area contributed by atoms with Crippen molar-refractivity contribution in [3.05, 3.63) is 70.6 Å². The van der Waals surface area contributed by atoms with Gasteiger partial charge >= 0.3 is 0 Å². The molecule has 0 fully saturated rings. The molecule has 7 nitrogen and oxygen atoms in total. The molecule has 0 aliphatic rings. The number of anilines is 1. The summed E-state index contributed by atoms with van der Waals surface area (Å²) in [6.45, 7) is 1.40. The molecule has 3 rings (SSSR count). The number of nitrogens with zero attached hydrogens (tertiary/aromatic N) is 2. The maximum Gasteiger partial charge on any atom is 0.263 e. The minimum absolute atomic E-state index is 0.0764. The van der Waals surface area contributed by atoms with Gasteiger partial charge in [0.2, 0.25) is 0 Å². The Kier molecular flexibility index (Phi) is 5.60. The normalized spacial score (nSPS) is 10.5. The van der Waals surface area contributed by atoms with Gasteiger partial charge in [0.05, 0.1) is 16.9 Å². The van der Waals surface area contributed by atoms with E-state index in [1.165, 1.54) is 35.0 Å². The van der Waals surface area contributed by atoms with Gasteiger partial charge in [-0.1, -0.05) is 11.6 Å². The van der Waals surface area contributed by atoms with E-state index in [9.17, 15) is 14.0 Å². The molecule has 3 N–H and O–H groups in total. The average molecular weight is 403 g/mol. The molecule has 0 spiro atoms. The van der Waals surface area contributed by atoms with Crippen molar-refractivity contribution >= 4 is 29.2 Å². The van der Waals surface area contributed by atoms with Crippen LogP contribution >= 0.6 is 11.6 Å². The maximum absolute atomic E-state index is 13.1. The van der Waals surface area contributed by atoms with Crippen LogP contribution in [-0.2, 0) is 4.79 Å². The molecule has 2 aromatic carbocycles. The number of aryl methyl sites for hydroxylation is 1. The van der Waals surface area contributed by atoms with E-state index in [1.54, 1.807) is 25.1 Å². The standard InChI is InChI=1S/C19H16ClFN4O3/c1-11-8-17(25(24-11)14-5-3-13(21)4-6-14)23-18(26)10-28-16-7-2-12(20)9-15(16)19(22)27/h2-9H,10H2,1H3,(H2,22,27)(H,23,26). The lowest BCUT2D eigenvalue weighted by Gasteiger charge is -2.11. The first kappa shape index (κ1) is 19.4. The Hall–Kier alpha value is -3.39. The van der Waals surface area contributed by atoms with Gasteiger partial charge in [-0.2, -0.15) is 5.10 Å². The molecule has 2 amide bonds. The number of nitrogens with one attached hydrogen (secondary N) is 1. The highest BCUT2D eigenvalue weighted by Gasteiger charge is 2.14. The summed E-state index contributed by atoms with van der Waals surface area (Å²) in [4.78, 5) is 23.8. The van der Waals surface area contributed by atoms with Crippen LogP contribution in [0.15, 0.2) is 48.5 Å². The first-order valence-corrected chi connectivity index (χ1v) is 8.56. The summed E-state index contributed by atoms with van der Waals surface area (Å²) in [6, 6.07) is 11.7. The Labute approximate surface area is 164 Å². The van der Waals surface area contributed by atoms with Gasteiger partial charge in [0.25, 0.3) is 11.8 Å². The smallest absolute Gasteiger partial charge is 0.263 e. The first-order chi connectivity index (χ1) is 13.3. The molecule has 1 heterocycles. The molecule has 0 saturated heterocycles. The van der Waals surface area contributed by atoms with Gasteiger partial charge in [-0.3, -0.25) is 9.59 Å². The average Bonchev–Trinajstić information content (AvgIpc) is 3.01. The number of carbonyl (C=O) groups is 2. The van der Waals surface area contributed by atoms with Gasteiger partial charge in [-0.25, -0.2) is 9.07 Å². The summed E-state index contributed by atoms with van der Waals surface area (Å²) in [5.41, 5.74) is 6.62. The summed E-state index contributed by atoms with van der Waals surface area (Å²) in [7, 11) is 0. The first-order valence-electron chi connectivity index (χ1n) is 8.18. The zero-order chi connectivity index (χ0) is 20.3. The molecule has 0 saturated carbocycles. The zero-order valence-corrected chi connectivity index (χ0v) is 15.5. The van der Waals surface area contributed by atoms with E-state index in [0.29, 0.717) is 22.2 Å². The van der Waals surface area contributed by atoms with Crippen molar-refractivity contribution in [2.45, 2.75) is 6.92 Å². The lowest BCUT2D eigenvalue weighted by atomic mass is 10.2. The van der Waals surface area contributed by atoms with Crippen LogP contribution in [0, 0.1) is 12.7 Å². The fourth-order valence-electron chi connectivity index (χ4n) is 2.51. The second-order valence-electron chi connectivity index (χ2n) is 5.90. The highest BCUT2D eigenvalue weighted by atomic mass is 35.5. The Balaban J connectivity index is 1.73. The van der Waals surface area contributed by atoms with Crippen molar-refractivity contribution in [2.24, 2.45) is 5.73 Å². The lowest BCUT2D eigenvalue weighted by Crippen LogP contribution is -2.23. The fraction of sp³-hybridized carbons (Fsp3) is 0.105. The van der Waals surface area contributed by atoms with Gasteiger partial charge in [-0.05, 0) is 49.4 Å². The molecule has 0 aliphatic carbocycles. The van der Waals surface area contributed by atoms with Crippen LogP contribution in [0.1, 0.15) is 16.1 Å². The molecule has 1 aromatic heterocycles. The van der Waals surface area contributed by atoms with E-state index in [4.69, 9.17) is 22.1 Å². The van der Waals surface area contributed by atoms with Gasteiger partial charge < -0.3 is 15.8 Å². The van der Waals surface area contributed by atoms with Gasteiger partial charge in [0.15, 0.2) is 6.61 Å². The van der Waals surface area contributed by atoms with E-state index < -0.39 is 11.8 Å². The third-order valence-electron chi connectivity index (χ3n) is 3.74. The van der Waals surface area contributed by atoms with Crippen LogP contribution in [0.4, 0.5) is 10.2 Å². The number of halogens is 2. The Morgan fingerprint density at radius 1 is 1.21 bits per heavy atom. The molecular formula is C19H16ClFN4O3. The van der Waals surface area contributed by atoms with Gasteiger partial charge in [0.1, 0.15) is 17.4 Å². The molecular weight excluding hydrogens is 387 g/mol. The molecule has 144 valence electrons. The van der Waals surface area contributed by atoms with Crippen molar-refractivity contribution < 1.29 is 18.7 Å².